The number of carboxylic acid groups (broad SMARTS) is 1. The van der Waals surface area contributed by atoms with Crippen molar-refractivity contribution in [2.45, 2.75) is 58.5 Å². The maximum atomic E-state index is 11.9. The third kappa shape index (κ3) is 4.55. The molecule has 0 heterocycles. The first kappa shape index (κ1) is 14.8. The van der Waals surface area contributed by atoms with Crippen LogP contribution in [0.25, 0.3) is 0 Å². The molecule has 0 aromatic carbocycles. The second-order valence-electron chi connectivity index (χ2n) is 6.04. The minimum atomic E-state index is -0.893. The van der Waals surface area contributed by atoms with Crippen LogP contribution in [-0.4, -0.2) is 28.7 Å². The van der Waals surface area contributed by atoms with Crippen LogP contribution in [0.4, 0.5) is 4.79 Å². The first-order valence-electron chi connectivity index (χ1n) is 6.53. The minimum Gasteiger partial charge on any atom is -0.481 e. The highest BCUT2D eigenvalue weighted by atomic mass is 16.4. The lowest BCUT2D eigenvalue weighted by Gasteiger charge is -2.28. The molecule has 0 aromatic heterocycles. The molecule has 1 rings (SSSR count). The van der Waals surface area contributed by atoms with Crippen molar-refractivity contribution < 1.29 is 14.7 Å². The Hall–Kier alpha value is -1.26. The minimum absolute atomic E-state index is 0.0467. The lowest BCUT2D eigenvalue weighted by molar-refractivity contribution is -0.137. The molecule has 5 nitrogen and oxygen atoms in total. The van der Waals surface area contributed by atoms with Crippen LogP contribution in [0.15, 0.2) is 0 Å². The van der Waals surface area contributed by atoms with Crippen LogP contribution in [0.5, 0.6) is 0 Å². The van der Waals surface area contributed by atoms with Crippen LogP contribution >= 0.6 is 0 Å². The van der Waals surface area contributed by atoms with Crippen molar-refractivity contribution in [3.8, 4) is 0 Å². The fourth-order valence-electron chi connectivity index (χ4n) is 2.05. The van der Waals surface area contributed by atoms with Crippen molar-refractivity contribution in [3.05, 3.63) is 0 Å². The number of carbonyl (C=O) groups excluding carboxylic acids is 1. The zero-order valence-electron chi connectivity index (χ0n) is 11.6. The molecular weight excluding hydrogens is 232 g/mol. The van der Waals surface area contributed by atoms with Gasteiger partial charge in [-0.2, -0.15) is 0 Å². The first-order valence-corrected chi connectivity index (χ1v) is 6.53. The number of amides is 2. The Bertz CT molecular complexity index is 322. The topological polar surface area (TPSA) is 78.4 Å². The number of rotatable bonds is 6. The molecule has 1 atom stereocenters. The Balaban J connectivity index is 2.47. The van der Waals surface area contributed by atoms with Crippen molar-refractivity contribution in [1.82, 2.24) is 10.6 Å². The predicted molar refractivity (Wildman–Crippen MR) is 69.3 cm³/mol. The Morgan fingerprint density at radius 2 is 1.89 bits per heavy atom. The van der Waals surface area contributed by atoms with Gasteiger partial charge in [0, 0.05) is 11.6 Å². The smallest absolute Gasteiger partial charge is 0.315 e. The quantitative estimate of drug-likeness (QED) is 0.680. The van der Waals surface area contributed by atoms with Crippen LogP contribution in [0.1, 0.15) is 47.0 Å². The van der Waals surface area contributed by atoms with Crippen molar-refractivity contribution in [1.29, 1.82) is 0 Å². The van der Waals surface area contributed by atoms with Crippen LogP contribution in [-0.2, 0) is 4.79 Å². The monoisotopic (exact) mass is 256 g/mol. The number of hydrogen-bond acceptors (Lipinski definition) is 2. The van der Waals surface area contributed by atoms with E-state index in [-0.39, 0.29) is 30.0 Å². The summed E-state index contributed by atoms with van der Waals surface area (Å²) in [6.07, 6.45) is 2.25. The van der Waals surface area contributed by atoms with Crippen molar-refractivity contribution >= 4 is 12.0 Å². The predicted octanol–water partition coefficient (Wildman–Crippen LogP) is 1.97. The zero-order chi connectivity index (χ0) is 13.9. The summed E-state index contributed by atoms with van der Waals surface area (Å²) in [5, 5.41) is 14.5. The van der Waals surface area contributed by atoms with E-state index in [2.05, 4.69) is 10.6 Å². The summed E-state index contributed by atoms with van der Waals surface area (Å²) < 4.78 is 0. The Morgan fingerprint density at radius 1 is 1.33 bits per heavy atom. The summed E-state index contributed by atoms with van der Waals surface area (Å²) in [5.74, 6) is -0.258. The molecule has 0 saturated heterocycles. The van der Waals surface area contributed by atoms with Gasteiger partial charge >= 0.3 is 12.0 Å². The summed E-state index contributed by atoms with van der Waals surface area (Å²) in [7, 11) is 0. The highest BCUT2D eigenvalue weighted by Gasteiger charge is 2.39. The highest BCUT2D eigenvalue weighted by Crippen LogP contribution is 2.39. The van der Waals surface area contributed by atoms with Gasteiger partial charge in [-0.05, 0) is 38.5 Å². The fourth-order valence-corrected chi connectivity index (χ4v) is 2.05. The van der Waals surface area contributed by atoms with Gasteiger partial charge in [-0.1, -0.05) is 13.8 Å². The summed E-state index contributed by atoms with van der Waals surface area (Å²) in [4.78, 5) is 22.6. The number of nitrogens with one attached hydrogen (secondary N) is 2. The fraction of sp³-hybridized carbons (Fsp3) is 0.846. The maximum absolute atomic E-state index is 11.9. The standard InChI is InChI=1S/C13H24N2O3/c1-8(2)10(7-11(16)17)14-12(18)15-13(3,4)9-5-6-9/h8-10H,5-7H2,1-4H3,(H,16,17)(H2,14,15,18). The van der Waals surface area contributed by atoms with Crippen LogP contribution < -0.4 is 10.6 Å². The van der Waals surface area contributed by atoms with Crippen molar-refractivity contribution in [3.63, 3.8) is 0 Å². The lowest BCUT2D eigenvalue weighted by atomic mass is 9.98. The van der Waals surface area contributed by atoms with Gasteiger partial charge in [0.15, 0.2) is 0 Å². The second kappa shape index (κ2) is 5.59. The van der Waals surface area contributed by atoms with Gasteiger partial charge in [0.2, 0.25) is 0 Å². The molecule has 5 heteroatoms. The van der Waals surface area contributed by atoms with E-state index in [1.165, 1.54) is 0 Å². The van der Waals surface area contributed by atoms with Crippen molar-refractivity contribution in [2.24, 2.45) is 11.8 Å². The number of carboxylic acids is 1. The lowest BCUT2D eigenvalue weighted by Crippen LogP contribution is -2.53. The van der Waals surface area contributed by atoms with Crippen molar-refractivity contribution in [2.75, 3.05) is 0 Å². The Kier molecular flexibility index (Phi) is 4.59. The molecule has 18 heavy (non-hydrogen) atoms. The normalized spacial score (nSPS) is 17.4. The van der Waals surface area contributed by atoms with Gasteiger partial charge in [0.25, 0.3) is 0 Å². The van der Waals surface area contributed by atoms with Gasteiger partial charge in [0.05, 0.1) is 6.42 Å². The molecule has 3 N–H and O–H groups in total. The summed E-state index contributed by atoms with van der Waals surface area (Å²) in [6, 6.07) is -0.607. The molecule has 0 aromatic rings. The first-order chi connectivity index (χ1) is 8.22. The molecule has 1 saturated carbocycles. The summed E-state index contributed by atoms with van der Waals surface area (Å²) in [5.41, 5.74) is -0.213. The summed E-state index contributed by atoms with van der Waals surface area (Å²) in [6.45, 7) is 7.82. The number of aliphatic carboxylic acids is 1. The Labute approximate surface area is 108 Å². The maximum Gasteiger partial charge on any atom is 0.315 e. The van der Waals surface area contributed by atoms with Crippen LogP contribution in [0.3, 0.4) is 0 Å². The largest absolute Gasteiger partial charge is 0.481 e. The molecule has 0 aliphatic heterocycles. The molecule has 0 radical (unpaired) electrons. The van der Waals surface area contributed by atoms with E-state index in [9.17, 15) is 9.59 Å². The molecule has 2 amide bonds. The molecule has 1 aliphatic carbocycles. The van der Waals surface area contributed by atoms with Gasteiger partial charge in [-0.25, -0.2) is 4.79 Å². The molecule has 0 spiro atoms. The second-order valence-corrected chi connectivity index (χ2v) is 6.04. The number of carbonyl (C=O) groups is 2. The van der Waals surface area contributed by atoms with E-state index >= 15 is 0 Å². The van der Waals surface area contributed by atoms with E-state index in [0.717, 1.165) is 12.8 Å². The van der Waals surface area contributed by atoms with Crippen LogP contribution in [0, 0.1) is 11.8 Å². The molecule has 1 fully saturated rings. The summed E-state index contributed by atoms with van der Waals surface area (Å²) >= 11 is 0. The molecule has 0 bridgehead atoms. The van der Waals surface area contributed by atoms with E-state index in [4.69, 9.17) is 5.11 Å². The SMILES string of the molecule is CC(C)C(CC(=O)O)NC(=O)NC(C)(C)C1CC1. The molecule has 1 aliphatic rings. The Morgan fingerprint density at radius 3 is 2.28 bits per heavy atom. The van der Waals surface area contributed by atoms with E-state index in [1.807, 2.05) is 27.7 Å². The average Bonchev–Trinajstić information content (AvgIpc) is 2.97. The third-order valence-corrected chi connectivity index (χ3v) is 3.55. The highest BCUT2D eigenvalue weighted by molar-refractivity contribution is 5.76. The van der Waals surface area contributed by atoms with Gasteiger partial charge in [-0.3, -0.25) is 4.79 Å². The van der Waals surface area contributed by atoms with E-state index < -0.39 is 5.97 Å². The molecule has 104 valence electrons. The molecule has 1 unspecified atom stereocenters. The van der Waals surface area contributed by atoms with Crippen LogP contribution in [0.2, 0.25) is 0 Å². The number of hydrogen-bond donors (Lipinski definition) is 3. The third-order valence-electron chi connectivity index (χ3n) is 3.55. The van der Waals surface area contributed by atoms with E-state index in [1.54, 1.807) is 0 Å². The zero-order valence-corrected chi connectivity index (χ0v) is 11.6. The van der Waals surface area contributed by atoms with Gasteiger partial charge in [0.1, 0.15) is 0 Å². The average molecular weight is 256 g/mol. The van der Waals surface area contributed by atoms with Gasteiger partial charge < -0.3 is 15.7 Å². The van der Waals surface area contributed by atoms with E-state index in [0.29, 0.717) is 5.92 Å². The number of urea groups is 1. The molecular formula is C13H24N2O3. The van der Waals surface area contributed by atoms with Gasteiger partial charge in [-0.15, -0.1) is 0 Å².